The first-order valence-corrected chi connectivity index (χ1v) is 6.48. The molecule has 1 saturated carbocycles. The summed E-state index contributed by atoms with van der Waals surface area (Å²) in [6.45, 7) is 0.771. The van der Waals surface area contributed by atoms with Gasteiger partial charge in [-0.15, -0.1) is 0 Å². The smallest absolute Gasteiger partial charge is 0.223 e. The molecule has 0 spiro atoms. The zero-order valence-electron chi connectivity index (χ0n) is 10.1. The lowest BCUT2D eigenvalue weighted by Crippen LogP contribution is -2.41. The monoisotopic (exact) mass is 239 g/mol. The Hall–Kier alpha value is -1.10. The third kappa shape index (κ3) is 4.00. The zero-order valence-corrected chi connectivity index (χ0v) is 10.1. The Morgan fingerprint density at radius 1 is 1.47 bits per heavy atom. The predicted octanol–water partition coefficient (Wildman–Crippen LogP) is -0.101. The molecule has 2 rings (SSSR count). The molecule has 2 aliphatic rings. The lowest BCUT2D eigenvalue weighted by molar-refractivity contribution is -0.127. The fourth-order valence-electron chi connectivity index (χ4n) is 2.26. The van der Waals surface area contributed by atoms with E-state index in [1.54, 1.807) is 0 Å². The van der Waals surface area contributed by atoms with E-state index in [9.17, 15) is 9.59 Å². The van der Waals surface area contributed by atoms with Crippen LogP contribution in [0.5, 0.6) is 0 Å². The quantitative estimate of drug-likeness (QED) is 0.626. The highest BCUT2D eigenvalue weighted by Gasteiger charge is 2.27. The fraction of sp³-hybridized carbons (Fsp3) is 0.833. The van der Waals surface area contributed by atoms with Crippen LogP contribution in [0.3, 0.4) is 0 Å². The lowest BCUT2D eigenvalue weighted by atomic mass is 9.91. The number of hydrogen-bond acceptors (Lipinski definition) is 3. The van der Waals surface area contributed by atoms with Crippen molar-refractivity contribution in [1.82, 2.24) is 10.6 Å². The van der Waals surface area contributed by atoms with Gasteiger partial charge in [-0.3, -0.25) is 9.59 Å². The number of amides is 2. The van der Waals surface area contributed by atoms with Gasteiger partial charge in [-0.1, -0.05) is 0 Å². The molecule has 5 heteroatoms. The highest BCUT2D eigenvalue weighted by atomic mass is 16.2. The molecule has 0 aromatic carbocycles. The predicted molar refractivity (Wildman–Crippen MR) is 64.1 cm³/mol. The number of nitrogens with one attached hydrogen (secondary N) is 2. The van der Waals surface area contributed by atoms with Crippen LogP contribution in [0.25, 0.3) is 0 Å². The maximum atomic E-state index is 11.5. The summed E-state index contributed by atoms with van der Waals surface area (Å²) in [5.74, 6) is 0.109. The summed E-state index contributed by atoms with van der Waals surface area (Å²) < 4.78 is 0. The molecule has 96 valence electrons. The summed E-state index contributed by atoms with van der Waals surface area (Å²) >= 11 is 0. The minimum Gasteiger partial charge on any atom is -0.356 e. The molecule has 0 radical (unpaired) electrons. The van der Waals surface area contributed by atoms with Gasteiger partial charge in [0.15, 0.2) is 0 Å². The van der Waals surface area contributed by atoms with Crippen molar-refractivity contribution in [2.45, 2.75) is 50.6 Å². The Morgan fingerprint density at radius 2 is 2.24 bits per heavy atom. The minimum absolute atomic E-state index is 0.00697. The Bertz CT molecular complexity index is 302. The second-order valence-electron chi connectivity index (χ2n) is 5.17. The number of carbonyl (C=O) groups excluding carboxylic acids is 2. The van der Waals surface area contributed by atoms with Gasteiger partial charge in [0.2, 0.25) is 11.8 Å². The van der Waals surface area contributed by atoms with Crippen molar-refractivity contribution in [3.8, 4) is 0 Å². The summed E-state index contributed by atoms with van der Waals surface area (Å²) in [5.41, 5.74) is 5.92. The van der Waals surface area contributed by atoms with Crippen LogP contribution >= 0.6 is 0 Å². The highest BCUT2D eigenvalue weighted by molar-refractivity contribution is 5.80. The molecular formula is C12H21N3O2. The van der Waals surface area contributed by atoms with Gasteiger partial charge in [0.05, 0.1) is 0 Å². The molecule has 2 amide bonds. The van der Waals surface area contributed by atoms with E-state index in [0.29, 0.717) is 18.9 Å². The van der Waals surface area contributed by atoms with E-state index in [2.05, 4.69) is 10.6 Å². The SMILES string of the molecule is NC(CC(=O)NC1CC1)C[C@@H]1CCCNC1=O. The van der Waals surface area contributed by atoms with Crippen LogP contribution in [-0.4, -0.2) is 30.4 Å². The van der Waals surface area contributed by atoms with Gasteiger partial charge in [-0.05, 0) is 32.1 Å². The normalized spacial score (nSPS) is 26.2. The third-order valence-electron chi connectivity index (χ3n) is 3.38. The number of rotatable bonds is 5. The maximum Gasteiger partial charge on any atom is 0.223 e. The standard InChI is InChI=1S/C12H21N3O2/c13-9(7-11(16)15-10-3-4-10)6-8-2-1-5-14-12(8)17/h8-10H,1-7,13H2,(H,14,17)(H,15,16)/t8-,9?/m0/s1. The lowest BCUT2D eigenvalue weighted by Gasteiger charge is -2.24. The van der Waals surface area contributed by atoms with Crippen molar-refractivity contribution < 1.29 is 9.59 Å². The molecule has 1 heterocycles. The third-order valence-corrected chi connectivity index (χ3v) is 3.38. The van der Waals surface area contributed by atoms with Crippen molar-refractivity contribution in [1.29, 1.82) is 0 Å². The van der Waals surface area contributed by atoms with Crippen LogP contribution < -0.4 is 16.4 Å². The summed E-state index contributed by atoms with van der Waals surface area (Å²) in [5, 5.41) is 5.75. The molecule has 4 N–H and O–H groups in total. The minimum atomic E-state index is -0.206. The van der Waals surface area contributed by atoms with Gasteiger partial charge in [-0.2, -0.15) is 0 Å². The van der Waals surface area contributed by atoms with Gasteiger partial charge in [-0.25, -0.2) is 0 Å². The van der Waals surface area contributed by atoms with Crippen LogP contribution in [0.4, 0.5) is 0 Å². The van der Waals surface area contributed by atoms with Crippen LogP contribution in [-0.2, 0) is 9.59 Å². The van der Waals surface area contributed by atoms with E-state index in [-0.39, 0.29) is 23.8 Å². The van der Waals surface area contributed by atoms with E-state index in [1.165, 1.54) is 0 Å². The number of piperidine rings is 1. The van der Waals surface area contributed by atoms with Gasteiger partial charge >= 0.3 is 0 Å². The van der Waals surface area contributed by atoms with Gasteiger partial charge in [0.1, 0.15) is 0 Å². The summed E-state index contributed by atoms with van der Waals surface area (Å²) in [6.07, 6.45) is 5.03. The average molecular weight is 239 g/mol. The fourth-order valence-corrected chi connectivity index (χ4v) is 2.26. The van der Waals surface area contributed by atoms with E-state index in [4.69, 9.17) is 5.73 Å². The molecule has 2 atom stereocenters. The van der Waals surface area contributed by atoms with Gasteiger partial charge in [0, 0.05) is 31.0 Å². The Balaban J connectivity index is 1.69. The maximum absolute atomic E-state index is 11.5. The topological polar surface area (TPSA) is 84.2 Å². The number of hydrogen-bond donors (Lipinski definition) is 3. The van der Waals surface area contributed by atoms with Crippen molar-refractivity contribution in [2.75, 3.05) is 6.54 Å². The number of nitrogens with two attached hydrogens (primary N) is 1. The molecule has 1 unspecified atom stereocenters. The van der Waals surface area contributed by atoms with E-state index in [1.807, 2.05) is 0 Å². The van der Waals surface area contributed by atoms with E-state index >= 15 is 0 Å². The molecule has 0 bridgehead atoms. The Kier molecular flexibility index (Phi) is 3.99. The summed E-state index contributed by atoms with van der Waals surface area (Å²) in [7, 11) is 0. The molecule has 17 heavy (non-hydrogen) atoms. The number of carbonyl (C=O) groups is 2. The van der Waals surface area contributed by atoms with Crippen molar-refractivity contribution in [2.24, 2.45) is 11.7 Å². The molecule has 2 fully saturated rings. The van der Waals surface area contributed by atoms with Crippen LogP contribution in [0, 0.1) is 5.92 Å². The van der Waals surface area contributed by atoms with Crippen LogP contribution in [0.2, 0.25) is 0 Å². The van der Waals surface area contributed by atoms with E-state index in [0.717, 1.165) is 32.2 Å². The molecular weight excluding hydrogens is 218 g/mol. The molecule has 0 aromatic heterocycles. The molecule has 1 saturated heterocycles. The second-order valence-corrected chi connectivity index (χ2v) is 5.17. The Labute approximate surface area is 102 Å². The van der Waals surface area contributed by atoms with E-state index < -0.39 is 0 Å². The van der Waals surface area contributed by atoms with Gasteiger partial charge < -0.3 is 16.4 Å². The Morgan fingerprint density at radius 3 is 2.88 bits per heavy atom. The first kappa shape index (κ1) is 12.4. The highest BCUT2D eigenvalue weighted by Crippen LogP contribution is 2.20. The first-order valence-electron chi connectivity index (χ1n) is 6.48. The average Bonchev–Trinajstić information content (AvgIpc) is 3.05. The van der Waals surface area contributed by atoms with Gasteiger partial charge in [0.25, 0.3) is 0 Å². The summed E-state index contributed by atoms with van der Waals surface area (Å²) in [6, 6.07) is 0.176. The zero-order chi connectivity index (χ0) is 12.3. The first-order chi connectivity index (χ1) is 8.15. The molecule has 1 aliphatic heterocycles. The second kappa shape index (κ2) is 5.49. The van der Waals surface area contributed by atoms with Crippen molar-refractivity contribution >= 4 is 11.8 Å². The van der Waals surface area contributed by atoms with Crippen molar-refractivity contribution in [3.63, 3.8) is 0 Å². The molecule has 5 nitrogen and oxygen atoms in total. The largest absolute Gasteiger partial charge is 0.356 e. The van der Waals surface area contributed by atoms with Crippen LogP contribution in [0.1, 0.15) is 38.5 Å². The summed E-state index contributed by atoms with van der Waals surface area (Å²) in [4.78, 5) is 23.1. The molecule has 0 aromatic rings. The van der Waals surface area contributed by atoms with Crippen LogP contribution in [0.15, 0.2) is 0 Å². The molecule has 1 aliphatic carbocycles. The van der Waals surface area contributed by atoms with Crippen molar-refractivity contribution in [3.05, 3.63) is 0 Å².